The fourth-order valence-electron chi connectivity index (χ4n) is 2.56. The molecule has 0 aliphatic heterocycles. The van der Waals surface area contributed by atoms with E-state index in [1.54, 1.807) is 6.07 Å². The molecule has 2 N–H and O–H groups in total. The lowest BCUT2D eigenvalue weighted by molar-refractivity contribution is -0.384. The van der Waals surface area contributed by atoms with Crippen LogP contribution in [0, 0.1) is 16.0 Å². The van der Waals surface area contributed by atoms with E-state index in [4.69, 9.17) is 0 Å². The number of hydrogen-bond acceptors (Lipinski definition) is 4. The molecule has 2 unspecified atom stereocenters. The highest BCUT2D eigenvalue weighted by molar-refractivity contribution is 9.10. The van der Waals surface area contributed by atoms with Crippen molar-refractivity contribution in [2.75, 3.05) is 6.61 Å². The molecule has 5 nitrogen and oxygen atoms in total. The minimum absolute atomic E-state index is 0.0877. The number of nitro groups is 1. The molecule has 6 heteroatoms. The first kappa shape index (κ1) is 14.4. The zero-order chi connectivity index (χ0) is 13.8. The van der Waals surface area contributed by atoms with Gasteiger partial charge in [-0.15, -0.1) is 0 Å². The van der Waals surface area contributed by atoms with Crippen LogP contribution >= 0.6 is 15.9 Å². The van der Waals surface area contributed by atoms with Crippen molar-refractivity contribution in [1.29, 1.82) is 0 Å². The fraction of sp³-hybridized carbons (Fsp3) is 0.538. The first-order chi connectivity index (χ1) is 9.11. The molecule has 1 fully saturated rings. The summed E-state index contributed by atoms with van der Waals surface area (Å²) in [6, 6.07) is 5.14. The quantitative estimate of drug-likeness (QED) is 0.643. The largest absolute Gasteiger partial charge is 0.396 e. The Labute approximate surface area is 120 Å². The number of halogens is 1. The van der Waals surface area contributed by atoms with E-state index >= 15 is 0 Å². The van der Waals surface area contributed by atoms with E-state index in [1.165, 1.54) is 12.1 Å². The third-order valence-electron chi connectivity index (χ3n) is 3.70. The van der Waals surface area contributed by atoms with Crippen LogP contribution in [0.15, 0.2) is 22.7 Å². The van der Waals surface area contributed by atoms with Gasteiger partial charge in [0.15, 0.2) is 0 Å². The summed E-state index contributed by atoms with van der Waals surface area (Å²) in [6.07, 6.45) is 3.29. The van der Waals surface area contributed by atoms with Crippen LogP contribution < -0.4 is 5.32 Å². The van der Waals surface area contributed by atoms with Crippen molar-refractivity contribution >= 4 is 21.6 Å². The number of non-ortho nitro benzene ring substituents is 1. The van der Waals surface area contributed by atoms with Gasteiger partial charge < -0.3 is 10.4 Å². The summed E-state index contributed by atoms with van der Waals surface area (Å²) >= 11 is 3.36. The summed E-state index contributed by atoms with van der Waals surface area (Å²) in [5.74, 6) is 0.330. The molecule has 1 aromatic rings. The van der Waals surface area contributed by atoms with E-state index in [-0.39, 0.29) is 12.3 Å². The minimum Gasteiger partial charge on any atom is -0.396 e. The van der Waals surface area contributed by atoms with Crippen molar-refractivity contribution in [2.24, 2.45) is 5.92 Å². The van der Waals surface area contributed by atoms with Gasteiger partial charge in [-0.25, -0.2) is 0 Å². The normalized spacial score (nSPS) is 22.6. The summed E-state index contributed by atoms with van der Waals surface area (Å²) in [6.45, 7) is 0.874. The zero-order valence-electron chi connectivity index (χ0n) is 10.5. The van der Waals surface area contributed by atoms with Gasteiger partial charge in [0.1, 0.15) is 0 Å². The van der Waals surface area contributed by atoms with E-state index in [0.717, 1.165) is 29.3 Å². The highest BCUT2D eigenvalue weighted by Crippen LogP contribution is 2.27. The number of aliphatic hydroxyl groups excluding tert-OH is 1. The zero-order valence-corrected chi connectivity index (χ0v) is 12.1. The highest BCUT2D eigenvalue weighted by Gasteiger charge is 2.26. The third kappa shape index (κ3) is 3.52. The first-order valence-corrected chi connectivity index (χ1v) is 7.18. The monoisotopic (exact) mass is 328 g/mol. The predicted molar refractivity (Wildman–Crippen MR) is 75.9 cm³/mol. The predicted octanol–water partition coefficient (Wildman–Crippen LogP) is 2.61. The van der Waals surface area contributed by atoms with E-state index in [0.29, 0.717) is 18.5 Å². The standard InChI is InChI=1S/C13H17BrN2O3/c14-12-6-11(16(18)19)5-4-9(12)7-15-13-3-1-2-10(13)8-17/h4-6,10,13,15,17H,1-3,7-8H2. The highest BCUT2D eigenvalue weighted by atomic mass is 79.9. The topological polar surface area (TPSA) is 75.4 Å². The molecule has 0 radical (unpaired) electrons. The van der Waals surface area contributed by atoms with Crippen LogP contribution in [0.25, 0.3) is 0 Å². The molecule has 0 spiro atoms. The maximum absolute atomic E-state index is 10.7. The molecule has 2 rings (SSSR count). The second kappa shape index (κ2) is 6.45. The van der Waals surface area contributed by atoms with Gasteiger partial charge >= 0.3 is 0 Å². The van der Waals surface area contributed by atoms with Crippen LogP contribution in [0.1, 0.15) is 24.8 Å². The molecule has 2 atom stereocenters. The smallest absolute Gasteiger partial charge is 0.270 e. The third-order valence-corrected chi connectivity index (χ3v) is 4.43. The van der Waals surface area contributed by atoms with Crippen LogP contribution in [0.2, 0.25) is 0 Å². The maximum atomic E-state index is 10.7. The molecular weight excluding hydrogens is 312 g/mol. The molecule has 0 aromatic heterocycles. The van der Waals surface area contributed by atoms with E-state index < -0.39 is 4.92 Å². The molecular formula is C13H17BrN2O3. The molecule has 1 aromatic carbocycles. The molecule has 0 saturated heterocycles. The van der Waals surface area contributed by atoms with Gasteiger partial charge in [-0.1, -0.05) is 22.4 Å². The molecule has 19 heavy (non-hydrogen) atoms. The SMILES string of the molecule is O=[N+]([O-])c1ccc(CNC2CCCC2CO)c(Br)c1. The van der Waals surface area contributed by atoms with Gasteiger partial charge in [-0.05, 0) is 30.4 Å². The number of nitrogens with zero attached hydrogens (tertiary/aromatic N) is 1. The number of nitrogens with one attached hydrogen (secondary N) is 1. The summed E-state index contributed by atoms with van der Waals surface area (Å²) in [5.41, 5.74) is 1.08. The summed E-state index contributed by atoms with van der Waals surface area (Å²) in [5, 5.41) is 23.3. The Kier molecular flexibility index (Phi) is 4.90. The minimum atomic E-state index is -0.402. The van der Waals surface area contributed by atoms with E-state index in [1.807, 2.05) is 0 Å². The maximum Gasteiger partial charge on any atom is 0.270 e. The number of nitro benzene ring substituents is 1. The van der Waals surface area contributed by atoms with Gasteiger partial charge in [0, 0.05) is 35.8 Å². The van der Waals surface area contributed by atoms with Gasteiger partial charge in [0.05, 0.1) is 4.92 Å². The Morgan fingerprint density at radius 2 is 2.26 bits per heavy atom. The Balaban J connectivity index is 1.98. The lowest BCUT2D eigenvalue weighted by Crippen LogP contribution is -2.33. The molecule has 1 aliphatic carbocycles. The lowest BCUT2D eigenvalue weighted by Gasteiger charge is -2.19. The average molecular weight is 329 g/mol. The van der Waals surface area contributed by atoms with Crippen molar-refractivity contribution in [3.05, 3.63) is 38.3 Å². The van der Waals surface area contributed by atoms with Gasteiger partial charge in [0.2, 0.25) is 0 Å². The van der Waals surface area contributed by atoms with Crippen molar-refractivity contribution in [3.63, 3.8) is 0 Å². The van der Waals surface area contributed by atoms with Crippen LogP contribution in [0.3, 0.4) is 0 Å². The Bertz CT molecular complexity index is 467. The van der Waals surface area contributed by atoms with Crippen molar-refractivity contribution < 1.29 is 10.0 Å². The average Bonchev–Trinajstić information content (AvgIpc) is 2.84. The second-order valence-electron chi connectivity index (χ2n) is 4.89. The Hall–Kier alpha value is -0.980. The second-order valence-corrected chi connectivity index (χ2v) is 5.75. The van der Waals surface area contributed by atoms with Gasteiger partial charge in [-0.2, -0.15) is 0 Å². The molecule has 104 valence electrons. The van der Waals surface area contributed by atoms with Crippen LogP contribution in [-0.4, -0.2) is 22.7 Å². The Morgan fingerprint density at radius 1 is 1.47 bits per heavy atom. The van der Waals surface area contributed by atoms with E-state index in [9.17, 15) is 15.2 Å². The van der Waals surface area contributed by atoms with Crippen molar-refractivity contribution in [3.8, 4) is 0 Å². The van der Waals surface area contributed by atoms with Gasteiger partial charge in [-0.3, -0.25) is 10.1 Å². The molecule has 1 saturated carbocycles. The van der Waals surface area contributed by atoms with E-state index in [2.05, 4.69) is 21.2 Å². The van der Waals surface area contributed by atoms with Crippen molar-refractivity contribution in [2.45, 2.75) is 31.8 Å². The molecule has 1 aliphatic rings. The summed E-state index contributed by atoms with van der Waals surface area (Å²) < 4.78 is 0.743. The summed E-state index contributed by atoms with van der Waals surface area (Å²) in [7, 11) is 0. The van der Waals surface area contributed by atoms with Crippen LogP contribution in [0.4, 0.5) is 5.69 Å². The number of aliphatic hydroxyl groups is 1. The first-order valence-electron chi connectivity index (χ1n) is 6.39. The van der Waals surface area contributed by atoms with Gasteiger partial charge in [0.25, 0.3) is 5.69 Å². The van der Waals surface area contributed by atoms with Crippen molar-refractivity contribution in [1.82, 2.24) is 5.32 Å². The molecule has 0 heterocycles. The number of benzene rings is 1. The molecule has 0 amide bonds. The number of rotatable bonds is 5. The number of hydrogen-bond donors (Lipinski definition) is 2. The van der Waals surface area contributed by atoms with Crippen LogP contribution in [-0.2, 0) is 6.54 Å². The molecule has 0 bridgehead atoms. The fourth-order valence-corrected chi connectivity index (χ4v) is 3.07. The summed E-state index contributed by atoms with van der Waals surface area (Å²) in [4.78, 5) is 10.3. The van der Waals surface area contributed by atoms with Crippen LogP contribution in [0.5, 0.6) is 0 Å². The lowest BCUT2D eigenvalue weighted by atomic mass is 10.0. The Morgan fingerprint density at radius 3 is 2.89 bits per heavy atom.